The summed E-state index contributed by atoms with van der Waals surface area (Å²) in [4.78, 5) is 16.4. The van der Waals surface area contributed by atoms with E-state index in [4.69, 9.17) is 10.5 Å². The number of ether oxygens (including phenoxy) is 1. The second-order valence-electron chi connectivity index (χ2n) is 9.30. The van der Waals surface area contributed by atoms with E-state index in [1.807, 2.05) is 24.3 Å². The lowest BCUT2D eigenvalue weighted by molar-refractivity contribution is 0.0918. The number of rotatable bonds is 3. The van der Waals surface area contributed by atoms with Gasteiger partial charge in [0.15, 0.2) is 5.78 Å². The van der Waals surface area contributed by atoms with Gasteiger partial charge in [-0.15, -0.1) is 11.3 Å². The molecular formula is C26H28N2O2S. The van der Waals surface area contributed by atoms with Crippen LogP contribution in [0.25, 0.3) is 22.3 Å². The number of nitrogens with zero attached hydrogens (tertiary/aromatic N) is 1. The SMILES string of the molecule is CC1(C)CC(=O)c2sc(N3CCOCC3)c(-c3ccc(N)c(-c4ccccc4)c3)c2C1. The van der Waals surface area contributed by atoms with Crippen LogP contribution in [-0.4, -0.2) is 32.1 Å². The number of ketones is 1. The van der Waals surface area contributed by atoms with Gasteiger partial charge in [-0.1, -0.05) is 50.2 Å². The second kappa shape index (κ2) is 7.81. The highest BCUT2D eigenvalue weighted by Gasteiger charge is 2.37. The molecule has 5 rings (SSSR count). The Morgan fingerprint density at radius 1 is 1.00 bits per heavy atom. The Hall–Kier alpha value is -2.63. The fraction of sp³-hybridized carbons (Fsp3) is 0.346. The first kappa shape index (κ1) is 20.3. The number of nitrogens with two attached hydrogens (primary N) is 1. The summed E-state index contributed by atoms with van der Waals surface area (Å²) in [5, 5.41) is 1.20. The van der Waals surface area contributed by atoms with E-state index in [2.05, 4.69) is 43.0 Å². The number of hydrogen-bond donors (Lipinski definition) is 1. The summed E-state index contributed by atoms with van der Waals surface area (Å²) in [5.41, 5.74) is 12.8. The highest BCUT2D eigenvalue weighted by molar-refractivity contribution is 7.19. The molecule has 0 radical (unpaired) electrons. The molecule has 1 aliphatic heterocycles. The van der Waals surface area contributed by atoms with Gasteiger partial charge in [-0.25, -0.2) is 0 Å². The average Bonchev–Trinajstić information content (AvgIpc) is 3.14. The number of carbonyl (C=O) groups excluding carboxylic acids is 1. The van der Waals surface area contributed by atoms with Gasteiger partial charge in [-0.3, -0.25) is 4.79 Å². The first-order valence-electron chi connectivity index (χ1n) is 10.9. The molecular weight excluding hydrogens is 404 g/mol. The molecule has 1 fully saturated rings. The van der Waals surface area contributed by atoms with Crippen LogP contribution < -0.4 is 10.6 Å². The minimum absolute atomic E-state index is 0.0295. The number of nitrogen functional groups attached to an aromatic ring is 1. The van der Waals surface area contributed by atoms with Crippen molar-refractivity contribution < 1.29 is 9.53 Å². The van der Waals surface area contributed by atoms with E-state index in [0.29, 0.717) is 6.42 Å². The van der Waals surface area contributed by atoms with Crippen LogP contribution in [0.5, 0.6) is 0 Å². The predicted octanol–water partition coefficient (Wildman–Crippen LogP) is 5.66. The van der Waals surface area contributed by atoms with Crippen molar-refractivity contribution in [3.63, 3.8) is 0 Å². The molecule has 2 aromatic carbocycles. The van der Waals surface area contributed by atoms with E-state index in [-0.39, 0.29) is 11.2 Å². The van der Waals surface area contributed by atoms with E-state index in [1.165, 1.54) is 16.1 Å². The van der Waals surface area contributed by atoms with Crippen molar-refractivity contribution in [1.82, 2.24) is 0 Å². The van der Waals surface area contributed by atoms with Crippen LogP contribution in [0.15, 0.2) is 48.5 Å². The molecule has 1 aromatic heterocycles. The van der Waals surface area contributed by atoms with Crippen molar-refractivity contribution in [1.29, 1.82) is 0 Å². The minimum Gasteiger partial charge on any atom is -0.398 e. The zero-order valence-electron chi connectivity index (χ0n) is 18.1. The quantitative estimate of drug-likeness (QED) is 0.543. The largest absolute Gasteiger partial charge is 0.398 e. The smallest absolute Gasteiger partial charge is 0.173 e. The monoisotopic (exact) mass is 432 g/mol. The Morgan fingerprint density at radius 2 is 1.74 bits per heavy atom. The number of thiophene rings is 1. The van der Waals surface area contributed by atoms with Gasteiger partial charge in [0.25, 0.3) is 0 Å². The van der Waals surface area contributed by atoms with E-state index < -0.39 is 0 Å². The van der Waals surface area contributed by atoms with Crippen molar-refractivity contribution in [2.45, 2.75) is 26.7 Å². The second-order valence-corrected chi connectivity index (χ2v) is 10.3. The Bertz CT molecular complexity index is 1130. The predicted molar refractivity (Wildman–Crippen MR) is 129 cm³/mol. The number of hydrogen-bond acceptors (Lipinski definition) is 5. The Labute approximate surface area is 187 Å². The van der Waals surface area contributed by atoms with Crippen molar-refractivity contribution in [3.05, 3.63) is 59.0 Å². The Balaban J connectivity index is 1.70. The number of Topliss-reactive ketones (excluding diaryl/α,β-unsaturated/α-hetero) is 1. The fourth-order valence-corrected chi connectivity index (χ4v) is 6.10. The summed E-state index contributed by atoms with van der Waals surface area (Å²) in [6.07, 6.45) is 1.52. The summed E-state index contributed by atoms with van der Waals surface area (Å²) in [5.74, 6) is 0.274. The van der Waals surface area contributed by atoms with Crippen LogP contribution in [0.1, 0.15) is 35.5 Å². The number of benzene rings is 2. The molecule has 5 heteroatoms. The molecule has 1 saturated heterocycles. The van der Waals surface area contributed by atoms with Crippen LogP contribution in [0.4, 0.5) is 10.7 Å². The highest BCUT2D eigenvalue weighted by atomic mass is 32.1. The molecule has 0 saturated carbocycles. The standard InChI is InChI=1S/C26H28N2O2S/c1-26(2)15-20-23(18-8-9-21(27)19(14-18)17-6-4-3-5-7-17)25(28-10-12-30-13-11-28)31-24(20)22(29)16-26/h3-9,14H,10-13,15-16,27H2,1-2H3. The Kier molecular flexibility index (Phi) is 5.11. The van der Waals surface area contributed by atoms with Gasteiger partial charge in [0.1, 0.15) is 0 Å². The zero-order chi connectivity index (χ0) is 21.6. The van der Waals surface area contributed by atoms with Crippen LogP contribution in [-0.2, 0) is 11.2 Å². The third-order valence-corrected chi connectivity index (χ3v) is 7.60. The molecule has 2 aliphatic rings. The highest BCUT2D eigenvalue weighted by Crippen LogP contribution is 2.50. The van der Waals surface area contributed by atoms with E-state index in [9.17, 15) is 4.79 Å². The zero-order valence-corrected chi connectivity index (χ0v) is 18.9. The average molecular weight is 433 g/mol. The first-order valence-corrected chi connectivity index (χ1v) is 11.7. The van der Waals surface area contributed by atoms with Crippen LogP contribution >= 0.6 is 11.3 Å². The lowest BCUT2D eigenvalue weighted by Crippen LogP contribution is -2.36. The fourth-order valence-electron chi connectivity index (χ4n) is 4.77. The van der Waals surface area contributed by atoms with Gasteiger partial charge in [0, 0.05) is 36.3 Å². The number of anilines is 2. The molecule has 160 valence electrons. The van der Waals surface area contributed by atoms with Gasteiger partial charge in [0.2, 0.25) is 0 Å². The van der Waals surface area contributed by atoms with Crippen molar-refractivity contribution in [3.8, 4) is 22.3 Å². The molecule has 4 nitrogen and oxygen atoms in total. The normalized spacial score (nSPS) is 18.1. The van der Waals surface area contributed by atoms with Crippen molar-refractivity contribution in [2.75, 3.05) is 36.9 Å². The first-order chi connectivity index (χ1) is 14.9. The van der Waals surface area contributed by atoms with Crippen LogP contribution in [0.3, 0.4) is 0 Å². The maximum atomic E-state index is 13.1. The van der Waals surface area contributed by atoms with Gasteiger partial charge < -0.3 is 15.4 Å². The lowest BCUT2D eigenvalue weighted by atomic mass is 9.75. The van der Waals surface area contributed by atoms with Crippen molar-refractivity contribution >= 4 is 27.8 Å². The summed E-state index contributed by atoms with van der Waals surface area (Å²) < 4.78 is 5.60. The summed E-state index contributed by atoms with van der Waals surface area (Å²) >= 11 is 1.67. The molecule has 0 amide bonds. The number of carbonyl (C=O) groups is 1. The third-order valence-electron chi connectivity index (χ3n) is 6.26. The molecule has 1 aliphatic carbocycles. The molecule has 0 spiro atoms. The molecule has 0 bridgehead atoms. The van der Waals surface area contributed by atoms with Crippen molar-refractivity contribution in [2.24, 2.45) is 5.41 Å². The molecule has 31 heavy (non-hydrogen) atoms. The summed E-state index contributed by atoms with van der Waals surface area (Å²) in [7, 11) is 0. The molecule has 2 heterocycles. The van der Waals surface area contributed by atoms with E-state index in [0.717, 1.165) is 60.0 Å². The van der Waals surface area contributed by atoms with Gasteiger partial charge in [0.05, 0.1) is 23.1 Å². The van der Waals surface area contributed by atoms with E-state index >= 15 is 0 Å². The van der Waals surface area contributed by atoms with Crippen LogP contribution in [0.2, 0.25) is 0 Å². The van der Waals surface area contributed by atoms with Gasteiger partial charge in [-0.2, -0.15) is 0 Å². The topological polar surface area (TPSA) is 55.6 Å². The maximum absolute atomic E-state index is 13.1. The lowest BCUT2D eigenvalue weighted by Gasteiger charge is -2.30. The molecule has 0 atom stereocenters. The molecule has 2 N–H and O–H groups in total. The minimum atomic E-state index is -0.0295. The van der Waals surface area contributed by atoms with Gasteiger partial charge >= 0.3 is 0 Å². The summed E-state index contributed by atoms with van der Waals surface area (Å²) in [6.45, 7) is 7.54. The number of morpholine rings is 1. The van der Waals surface area contributed by atoms with Crippen LogP contribution in [0, 0.1) is 5.41 Å². The third kappa shape index (κ3) is 3.77. The molecule has 3 aromatic rings. The maximum Gasteiger partial charge on any atom is 0.173 e. The molecule has 0 unspecified atom stereocenters. The Morgan fingerprint density at radius 3 is 2.48 bits per heavy atom. The number of fused-ring (bicyclic) bond motifs is 1. The van der Waals surface area contributed by atoms with E-state index in [1.54, 1.807) is 11.3 Å². The summed E-state index contributed by atoms with van der Waals surface area (Å²) in [6, 6.07) is 16.6. The van der Waals surface area contributed by atoms with Gasteiger partial charge in [-0.05, 0) is 40.7 Å².